The van der Waals surface area contributed by atoms with Gasteiger partial charge in [-0.25, -0.2) is 0 Å². The number of likely N-dealkylation sites (tertiary alicyclic amines) is 1. The van der Waals surface area contributed by atoms with E-state index in [0.717, 1.165) is 0 Å². The minimum Gasteiger partial charge on any atom is -0.298 e. The maximum absolute atomic E-state index is 11.0. The third-order valence-electron chi connectivity index (χ3n) is 2.33. The maximum Gasteiger partial charge on any atom is 0.151 e. The van der Waals surface area contributed by atoms with E-state index in [0.29, 0.717) is 18.4 Å². The molecular formula is C7H14ClNO. The van der Waals surface area contributed by atoms with E-state index in [4.69, 9.17) is 0 Å². The third kappa shape index (κ3) is 1.50. The van der Waals surface area contributed by atoms with Crippen molar-refractivity contribution in [3.8, 4) is 0 Å². The summed E-state index contributed by atoms with van der Waals surface area (Å²) in [6.07, 6.45) is 0. The summed E-state index contributed by atoms with van der Waals surface area (Å²) in [7, 11) is 1.99. The van der Waals surface area contributed by atoms with Crippen LogP contribution in [0, 0.1) is 5.92 Å². The fourth-order valence-corrected chi connectivity index (χ4v) is 1.18. The first-order valence-corrected chi connectivity index (χ1v) is 3.36. The number of nitrogens with zero attached hydrogens (tertiary/aromatic N) is 1. The van der Waals surface area contributed by atoms with Crippen LogP contribution < -0.4 is 0 Å². The van der Waals surface area contributed by atoms with Crippen LogP contribution in [0.15, 0.2) is 0 Å². The molecule has 0 bridgehead atoms. The summed E-state index contributed by atoms with van der Waals surface area (Å²) in [4.78, 5) is 13.0. The van der Waals surface area contributed by atoms with Crippen LogP contribution in [0.4, 0.5) is 0 Å². The average molecular weight is 164 g/mol. The van der Waals surface area contributed by atoms with Crippen LogP contribution in [0.25, 0.3) is 0 Å². The molecule has 1 saturated heterocycles. The van der Waals surface area contributed by atoms with Crippen molar-refractivity contribution in [3.05, 3.63) is 0 Å². The highest BCUT2D eigenvalue weighted by Gasteiger charge is 2.31. The van der Waals surface area contributed by atoms with Crippen molar-refractivity contribution in [3.63, 3.8) is 0 Å². The molecule has 0 N–H and O–H groups in total. The molecule has 2 nitrogen and oxygen atoms in total. The Kier molecular flexibility index (Phi) is 3.33. The van der Waals surface area contributed by atoms with E-state index in [1.165, 1.54) is 0 Å². The molecule has 0 aromatic carbocycles. The normalized spacial score (nSPS) is 34.1. The molecule has 2 atom stereocenters. The fourth-order valence-electron chi connectivity index (χ4n) is 1.18. The Labute approximate surface area is 68.0 Å². The van der Waals surface area contributed by atoms with Crippen molar-refractivity contribution in [2.75, 3.05) is 13.6 Å². The first-order chi connectivity index (χ1) is 4.13. The second-order valence-corrected chi connectivity index (χ2v) is 2.91. The number of ketones is 1. The summed E-state index contributed by atoms with van der Waals surface area (Å²) < 4.78 is 0. The van der Waals surface area contributed by atoms with Crippen molar-refractivity contribution in [2.45, 2.75) is 19.9 Å². The lowest BCUT2D eigenvalue weighted by molar-refractivity contribution is -0.119. The Balaban J connectivity index is 0.000000810. The van der Waals surface area contributed by atoms with Gasteiger partial charge in [0, 0.05) is 12.0 Å². The maximum atomic E-state index is 11.0. The van der Waals surface area contributed by atoms with Crippen molar-refractivity contribution in [1.82, 2.24) is 4.90 Å². The minimum atomic E-state index is 0. The average Bonchev–Trinajstić information content (AvgIpc) is 1.98. The molecule has 2 unspecified atom stereocenters. The zero-order valence-corrected chi connectivity index (χ0v) is 7.44. The number of likely N-dealkylation sites (N-methyl/N-ethyl adjacent to an activating group) is 1. The number of carbonyl (C=O) groups is 1. The lowest BCUT2D eigenvalue weighted by atomic mass is 10.0. The van der Waals surface area contributed by atoms with Crippen LogP contribution in [0.3, 0.4) is 0 Å². The lowest BCUT2D eigenvalue weighted by Crippen LogP contribution is -2.24. The van der Waals surface area contributed by atoms with Crippen LogP contribution in [-0.2, 0) is 4.79 Å². The van der Waals surface area contributed by atoms with E-state index < -0.39 is 0 Å². The molecule has 1 aliphatic heterocycles. The molecule has 10 heavy (non-hydrogen) atoms. The molecule has 0 saturated carbocycles. The molecule has 0 aromatic rings. The van der Waals surface area contributed by atoms with E-state index in [1.54, 1.807) is 0 Å². The molecule has 3 heteroatoms. The lowest BCUT2D eigenvalue weighted by Gasteiger charge is -2.14. The largest absolute Gasteiger partial charge is 0.298 e. The summed E-state index contributed by atoms with van der Waals surface area (Å²) in [6.45, 7) is 4.73. The number of rotatable bonds is 0. The fraction of sp³-hybridized carbons (Fsp3) is 0.857. The predicted molar refractivity (Wildman–Crippen MR) is 43.5 cm³/mol. The topological polar surface area (TPSA) is 20.3 Å². The van der Waals surface area contributed by atoms with Crippen molar-refractivity contribution in [1.29, 1.82) is 0 Å². The van der Waals surface area contributed by atoms with E-state index in [2.05, 4.69) is 11.8 Å². The van der Waals surface area contributed by atoms with Gasteiger partial charge in [-0.15, -0.1) is 12.4 Å². The number of Topliss-reactive ketones (excluding diaryl/α,β-unsaturated/α-hetero) is 1. The minimum absolute atomic E-state index is 0. The van der Waals surface area contributed by atoms with Gasteiger partial charge in [0.1, 0.15) is 0 Å². The van der Waals surface area contributed by atoms with Gasteiger partial charge in [-0.3, -0.25) is 9.69 Å². The smallest absolute Gasteiger partial charge is 0.151 e. The van der Waals surface area contributed by atoms with Crippen molar-refractivity contribution < 1.29 is 4.79 Å². The van der Waals surface area contributed by atoms with E-state index >= 15 is 0 Å². The van der Waals surface area contributed by atoms with Gasteiger partial charge in [0.05, 0.1) is 6.54 Å². The SMILES string of the molecule is CC1C(=O)CN(C)C1C.Cl. The van der Waals surface area contributed by atoms with Crippen LogP contribution >= 0.6 is 12.4 Å². The Hall–Kier alpha value is -0.0800. The number of hydrogen-bond donors (Lipinski definition) is 0. The number of carbonyl (C=O) groups excluding carboxylic acids is 1. The highest BCUT2D eigenvalue weighted by Crippen LogP contribution is 2.17. The van der Waals surface area contributed by atoms with Gasteiger partial charge >= 0.3 is 0 Å². The second kappa shape index (κ2) is 3.35. The third-order valence-corrected chi connectivity index (χ3v) is 2.33. The van der Waals surface area contributed by atoms with Gasteiger partial charge < -0.3 is 0 Å². The Morgan fingerprint density at radius 2 is 2.00 bits per heavy atom. The van der Waals surface area contributed by atoms with Crippen LogP contribution in [0.1, 0.15) is 13.8 Å². The van der Waals surface area contributed by atoms with Crippen molar-refractivity contribution in [2.24, 2.45) is 5.92 Å². The summed E-state index contributed by atoms with van der Waals surface area (Å²) >= 11 is 0. The molecule has 0 amide bonds. The molecule has 0 spiro atoms. The van der Waals surface area contributed by atoms with Crippen LogP contribution in [0.2, 0.25) is 0 Å². The predicted octanol–water partition coefficient (Wildman–Crippen LogP) is 0.947. The molecular weight excluding hydrogens is 150 g/mol. The first kappa shape index (κ1) is 9.92. The van der Waals surface area contributed by atoms with Gasteiger partial charge in [0.15, 0.2) is 5.78 Å². The summed E-state index contributed by atoms with van der Waals surface area (Å²) in [5.74, 6) is 0.625. The molecule has 1 aliphatic rings. The summed E-state index contributed by atoms with van der Waals surface area (Å²) in [5.41, 5.74) is 0. The Morgan fingerprint density at radius 3 is 2.10 bits per heavy atom. The molecule has 0 aliphatic carbocycles. The summed E-state index contributed by atoms with van der Waals surface area (Å²) in [5, 5.41) is 0. The van der Waals surface area contributed by atoms with E-state index in [1.807, 2.05) is 14.0 Å². The van der Waals surface area contributed by atoms with Gasteiger partial charge in [0.2, 0.25) is 0 Å². The first-order valence-electron chi connectivity index (χ1n) is 3.36. The Morgan fingerprint density at radius 1 is 1.50 bits per heavy atom. The van der Waals surface area contributed by atoms with Crippen LogP contribution in [-0.4, -0.2) is 30.3 Å². The highest BCUT2D eigenvalue weighted by molar-refractivity contribution is 5.85. The molecule has 1 heterocycles. The van der Waals surface area contributed by atoms with Gasteiger partial charge in [0.25, 0.3) is 0 Å². The summed E-state index contributed by atoms with van der Waals surface area (Å²) in [6, 6.07) is 0.442. The standard InChI is InChI=1S/C7H13NO.ClH/c1-5-6(2)8(3)4-7(5)9;/h5-6H,4H2,1-3H3;1H. The van der Waals surface area contributed by atoms with Gasteiger partial charge in [-0.05, 0) is 14.0 Å². The molecule has 1 fully saturated rings. The van der Waals surface area contributed by atoms with Crippen molar-refractivity contribution >= 4 is 18.2 Å². The molecule has 0 aromatic heterocycles. The quantitative estimate of drug-likeness (QED) is 0.530. The van der Waals surface area contributed by atoms with E-state index in [9.17, 15) is 4.79 Å². The molecule has 1 rings (SSSR count). The second-order valence-electron chi connectivity index (χ2n) is 2.91. The van der Waals surface area contributed by atoms with E-state index in [-0.39, 0.29) is 18.3 Å². The zero-order chi connectivity index (χ0) is 7.02. The monoisotopic (exact) mass is 163 g/mol. The molecule has 0 radical (unpaired) electrons. The highest BCUT2D eigenvalue weighted by atomic mass is 35.5. The number of hydrogen-bond acceptors (Lipinski definition) is 2. The van der Waals surface area contributed by atoms with Gasteiger partial charge in [-0.1, -0.05) is 6.92 Å². The van der Waals surface area contributed by atoms with Crippen LogP contribution in [0.5, 0.6) is 0 Å². The zero-order valence-electron chi connectivity index (χ0n) is 6.63. The molecule has 60 valence electrons. The number of halogens is 1. The van der Waals surface area contributed by atoms with Gasteiger partial charge in [-0.2, -0.15) is 0 Å². The Bertz CT molecular complexity index is 138.